The molecule has 0 atom stereocenters. The van der Waals surface area contributed by atoms with Gasteiger partial charge in [0.15, 0.2) is 0 Å². The summed E-state index contributed by atoms with van der Waals surface area (Å²) < 4.78 is 0. The molecule has 0 rings (SSSR count). The second kappa shape index (κ2) is 15.3. The molecule has 0 aliphatic rings. The molecule has 1 heteroatoms. The highest BCUT2D eigenvalue weighted by atomic mass is 35.5. The van der Waals surface area contributed by atoms with Gasteiger partial charge in [0, 0.05) is 5.88 Å². The zero-order chi connectivity index (χ0) is 19.1. The van der Waals surface area contributed by atoms with Crippen molar-refractivity contribution in [2.45, 2.75) is 86.5 Å². The Bertz CT molecular complexity index is 504. The van der Waals surface area contributed by atoms with Gasteiger partial charge in [-0.25, -0.2) is 0 Å². The first-order valence-electron chi connectivity index (χ1n) is 9.67. The van der Waals surface area contributed by atoms with Crippen LogP contribution in [0.3, 0.4) is 0 Å². The molecular formula is C24H39Cl. The van der Waals surface area contributed by atoms with Gasteiger partial charge in [-0.1, -0.05) is 58.2 Å². The number of halogens is 1. The largest absolute Gasteiger partial charge is 0.122 e. The molecule has 25 heavy (non-hydrogen) atoms. The number of alkyl halides is 1. The fourth-order valence-corrected chi connectivity index (χ4v) is 2.82. The normalized spacial score (nSPS) is 13.0. The van der Waals surface area contributed by atoms with E-state index in [4.69, 9.17) is 11.6 Å². The summed E-state index contributed by atoms with van der Waals surface area (Å²) in [5.41, 5.74) is 7.28. The van der Waals surface area contributed by atoms with Crippen LogP contribution in [0.25, 0.3) is 0 Å². The fourth-order valence-electron chi connectivity index (χ4n) is 2.55. The summed E-state index contributed by atoms with van der Waals surface area (Å²) in [6.45, 7) is 13.1. The van der Waals surface area contributed by atoms with Crippen LogP contribution < -0.4 is 0 Å². The Morgan fingerprint density at radius 1 is 0.600 bits per heavy atom. The lowest BCUT2D eigenvalue weighted by Gasteiger charge is -2.06. The van der Waals surface area contributed by atoms with Crippen LogP contribution in [0.15, 0.2) is 58.2 Å². The van der Waals surface area contributed by atoms with Gasteiger partial charge >= 0.3 is 0 Å². The zero-order valence-corrected chi connectivity index (χ0v) is 18.2. The molecule has 0 aliphatic carbocycles. The van der Waals surface area contributed by atoms with E-state index in [1.54, 1.807) is 5.57 Å². The van der Waals surface area contributed by atoms with Crippen molar-refractivity contribution in [2.24, 2.45) is 0 Å². The van der Waals surface area contributed by atoms with Gasteiger partial charge in [0.25, 0.3) is 0 Å². The molecule has 0 aromatic rings. The third kappa shape index (κ3) is 16.2. The minimum absolute atomic E-state index is 0.622. The fraction of sp³-hybridized carbons (Fsp3) is 0.583. The molecule has 0 saturated carbocycles. The summed E-state index contributed by atoms with van der Waals surface area (Å²) in [5, 5.41) is 0. The van der Waals surface area contributed by atoms with Crippen molar-refractivity contribution in [1.29, 1.82) is 0 Å². The highest BCUT2D eigenvalue weighted by Gasteiger charge is 1.97. The van der Waals surface area contributed by atoms with Crippen molar-refractivity contribution < 1.29 is 0 Å². The van der Waals surface area contributed by atoms with E-state index in [-0.39, 0.29) is 0 Å². The first-order valence-corrected chi connectivity index (χ1v) is 10.2. The topological polar surface area (TPSA) is 0 Å². The van der Waals surface area contributed by atoms with E-state index in [9.17, 15) is 0 Å². The quantitative estimate of drug-likeness (QED) is 0.240. The van der Waals surface area contributed by atoms with Crippen molar-refractivity contribution in [3.05, 3.63) is 58.2 Å². The number of rotatable bonds is 12. The predicted molar refractivity (Wildman–Crippen MR) is 117 cm³/mol. The van der Waals surface area contributed by atoms with Crippen molar-refractivity contribution in [3.8, 4) is 0 Å². The molecule has 0 bridgehead atoms. The predicted octanol–water partition coefficient (Wildman–Crippen LogP) is 8.71. The van der Waals surface area contributed by atoms with Gasteiger partial charge in [0.05, 0.1) is 0 Å². The second-order valence-electron chi connectivity index (χ2n) is 7.50. The molecule has 0 radical (unpaired) electrons. The molecule has 0 aliphatic heterocycles. The van der Waals surface area contributed by atoms with Crippen molar-refractivity contribution in [3.63, 3.8) is 0 Å². The average molecular weight is 363 g/mol. The molecule has 142 valence electrons. The van der Waals surface area contributed by atoms with Gasteiger partial charge in [-0.15, -0.1) is 11.6 Å². The average Bonchev–Trinajstić information content (AvgIpc) is 2.51. The zero-order valence-electron chi connectivity index (χ0n) is 17.4. The van der Waals surface area contributed by atoms with Crippen LogP contribution in [-0.4, -0.2) is 5.88 Å². The molecule has 0 unspecified atom stereocenters. The first kappa shape index (κ1) is 24.0. The summed E-state index contributed by atoms with van der Waals surface area (Å²) >= 11 is 5.76. The lowest BCUT2D eigenvalue weighted by molar-refractivity contribution is 0.878. The van der Waals surface area contributed by atoms with Crippen LogP contribution in [0.1, 0.15) is 86.5 Å². The number of hydrogen-bond donors (Lipinski definition) is 0. The van der Waals surface area contributed by atoms with Gasteiger partial charge in [0.2, 0.25) is 0 Å². The van der Waals surface area contributed by atoms with Gasteiger partial charge in [-0.05, 0) is 86.5 Å². The van der Waals surface area contributed by atoms with Crippen molar-refractivity contribution in [2.75, 3.05) is 5.88 Å². The van der Waals surface area contributed by atoms with E-state index in [0.717, 1.165) is 32.1 Å². The molecule has 0 aromatic carbocycles. The Labute approximate surface area is 162 Å². The molecule has 0 spiro atoms. The van der Waals surface area contributed by atoms with Crippen LogP contribution in [0, 0.1) is 0 Å². The minimum atomic E-state index is 0.622. The Kier molecular flexibility index (Phi) is 14.6. The molecule has 0 heterocycles. The first-order chi connectivity index (χ1) is 11.8. The number of hydrogen-bond acceptors (Lipinski definition) is 0. The molecule has 0 N–H and O–H groups in total. The Hall–Kier alpha value is -1.01. The van der Waals surface area contributed by atoms with Crippen LogP contribution in [-0.2, 0) is 0 Å². The number of allylic oxidation sites excluding steroid dienone is 10. The van der Waals surface area contributed by atoms with E-state index in [2.05, 4.69) is 71.9 Å². The van der Waals surface area contributed by atoms with E-state index >= 15 is 0 Å². The molecule has 0 fully saturated rings. The van der Waals surface area contributed by atoms with Gasteiger partial charge < -0.3 is 0 Å². The van der Waals surface area contributed by atoms with Gasteiger partial charge in [0.1, 0.15) is 0 Å². The highest BCUT2D eigenvalue weighted by Crippen LogP contribution is 2.17. The SMILES string of the molecule is CC(C)=CCC/C(C)=C/CC/C(=C/CC/C(C)=C/CCl)CC=C(C)C. The van der Waals surface area contributed by atoms with E-state index in [0.29, 0.717) is 5.88 Å². The van der Waals surface area contributed by atoms with Crippen LogP contribution >= 0.6 is 11.6 Å². The van der Waals surface area contributed by atoms with Crippen LogP contribution in [0.4, 0.5) is 0 Å². The molecule has 0 saturated heterocycles. The maximum Gasteiger partial charge on any atom is 0.0406 e. The Morgan fingerprint density at radius 2 is 1.12 bits per heavy atom. The third-order valence-electron chi connectivity index (χ3n) is 4.22. The summed E-state index contributed by atoms with van der Waals surface area (Å²) in [7, 11) is 0. The second-order valence-corrected chi connectivity index (χ2v) is 7.81. The maximum atomic E-state index is 5.76. The van der Waals surface area contributed by atoms with Crippen molar-refractivity contribution >= 4 is 11.6 Å². The summed E-state index contributed by atoms with van der Waals surface area (Å²) in [4.78, 5) is 0. The van der Waals surface area contributed by atoms with E-state index in [1.807, 2.05) is 0 Å². The van der Waals surface area contributed by atoms with Gasteiger partial charge in [-0.2, -0.15) is 0 Å². The lowest BCUT2D eigenvalue weighted by atomic mass is 10.0. The Morgan fingerprint density at radius 3 is 1.68 bits per heavy atom. The molecule has 0 amide bonds. The lowest BCUT2D eigenvalue weighted by Crippen LogP contribution is -1.86. The summed E-state index contributed by atoms with van der Waals surface area (Å²) in [6.07, 6.45) is 19.6. The molecular weight excluding hydrogens is 324 g/mol. The molecule has 0 aromatic heterocycles. The standard InChI is InChI=1S/C24H39Cl/c1-20(2)10-7-11-22(5)12-8-14-24(17-16-21(3)4)15-9-13-23(6)18-19-25/h10,12,15-16,18H,7-9,11,13-14,17,19H2,1-6H3/b22-12+,23-18+,24-15-. The minimum Gasteiger partial charge on any atom is -0.122 e. The van der Waals surface area contributed by atoms with Crippen molar-refractivity contribution in [1.82, 2.24) is 0 Å². The maximum absolute atomic E-state index is 5.76. The monoisotopic (exact) mass is 362 g/mol. The highest BCUT2D eigenvalue weighted by molar-refractivity contribution is 6.18. The Balaban J connectivity index is 4.55. The summed E-state index contributed by atoms with van der Waals surface area (Å²) in [5.74, 6) is 0.622. The molecule has 0 nitrogen and oxygen atoms in total. The third-order valence-corrected chi connectivity index (χ3v) is 4.37. The van der Waals surface area contributed by atoms with E-state index in [1.165, 1.54) is 35.1 Å². The van der Waals surface area contributed by atoms with E-state index < -0.39 is 0 Å². The summed E-state index contributed by atoms with van der Waals surface area (Å²) in [6, 6.07) is 0. The van der Waals surface area contributed by atoms with Gasteiger partial charge in [-0.3, -0.25) is 0 Å². The van der Waals surface area contributed by atoms with Crippen LogP contribution in [0.5, 0.6) is 0 Å². The van der Waals surface area contributed by atoms with Crippen LogP contribution in [0.2, 0.25) is 0 Å². The smallest absolute Gasteiger partial charge is 0.0406 e.